The molecule has 0 spiro atoms. The molecule has 0 fully saturated rings. The van der Waals surface area contributed by atoms with Crippen molar-refractivity contribution in [3.05, 3.63) is 65.7 Å². The molecule has 0 saturated carbocycles. The molecule has 0 radical (unpaired) electrons. The first-order valence-corrected chi connectivity index (χ1v) is 8.75. The van der Waals surface area contributed by atoms with Crippen LogP contribution in [0.5, 0.6) is 0 Å². The summed E-state index contributed by atoms with van der Waals surface area (Å²) in [7, 11) is -3.74. The maximum Gasteiger partial charge on any atom is 0.251 e. The molecule has 24 heavy (non-hydrogen) atoms. The fourth-order valence-electron chi connectivity index (χ4n) is 2.10. The van der Waals surface area contributed by atoms with Crippen LogP contribution in [0.15, 0.2) is 59.5 Å². The van der Waals surface area contributed by atoms with E-state index in [0.717, 1.165) is 5.56 Å². The van der Waals surface area contributed by atoms with Gasteiger partial charge in [-0.3, -0.25) is 4.79 Å². The lowest BCUT2D eigenvalue weighted by Gasteiger charge is -2.14. The molecule has 2 aromatic carbocycles. The third-order valence-corrected chi connectivity index (χ3v) is 4.83. The predicted molar refractivity (Wildman–Crippen MR) is 89.6 cm³/mol. The van der Waals surface area contributed by atoms with Crippen LogP contribution in [0.4, 0.5) is 0 Å². The maximum atomic E-state index is 12.2. The van der Waals surface area contributed by atoms with Gasteiger partial charge in [0.25, 0.3) is 5.91 Å². The van der Waals surface area contributed by atoms with Crippen molar-refractivity contribution in [2.75, 3.05) is 6.54 Å². The molecule has 0 bridgehead atoms. The van der Waals surface area contributed by atoms with Crippen molar-refractivity contribution in [3.63, 3.8) is 0 Å². The molecule has 6 nitrogen and oxygen atoms in total. The highest BCUT2D eigenvalue weighted by Crippen LogP contribution is 2.14. The molecule has 0 aliphatic rings. The number of carbonyl (C=O) groups excluding carboxylic acids is 1. The Morgan fingerprint density at radius 2 is 1.75 bits per heavy atom. The second kappa shape index (κ2) is 7.73. The average Bonchev–Trinajstić information content (AvgIpc) is 2.60. The van der Waals surface area contributed by atoms with Crippen molar-refractivity contribution in [2.24, 2.45) is 0 Å². The van der Waals surface area contributed by atoms with E-state index < -0.39 is 10.0 Å². The molecule has 2 aromatic rings. The molecular formula is C17H17N3O3S. The molecule has 0 unspecified atom stereocenters. The minimum absolute atomic E-state index is 0.00501. The highest BCUT2D eigenvalue weighted by molar-refractivity contribution is 7.89. The van der Waals surface area contributed by atoms with E-state index in [9.17, 15) is 13.2 Å². The Morgan fingerprint density at radius 3 is 2.33 bits per heavy atom. The average molecular weight is 343 g/mol. The summed E-state index contributed by atoms with van der Waals surface area (Å²) in [5.74, 6) is -0.291. The summed E-state index contributed by atoms with van der Waals surface area (Å²) in [5, 5.41) is 11.3. The van der Waals surface area contributed by atoms with E-state index in [1.807, 2.05) is 37.3 Å². The van der Waals surface area contributed by atoms with Gasteiger partial charge in [-0.15, -0.1) is 0 Å². The fourth-order valence-corrected chi connectivity index (χ4v) is 3.02. The summed E-state index contributed by atoms with van der Waals surface area (Å²) in [6.07, 6.45) is 0. The van der Waals surface area contributed by atoms with E-state index in [1.54, 1.807) is 6.07 Å². The van der Waals surface area contributed by atoms with Gasteiger partial charge in [-0.05, 0) is 36.8 Å². The maximum absolute atomic E-state index is 12.2. The molecule has 1 amide bonds. The Bertz CT molecular complexity index is 841. The zero-order valence-corrected chi connectivity index (χ0v) is 13.9. The second-order valence-corrected chi connectivity index (χ2v) is 6.88. The second-order valence-electron chi connectivity index (χ2n) is 5.11. The number of sulfonamides is 1. The van der Waals surface area contributed by atoms with Crippen LogP contribution in [-0.4, -0.2) is 20.9 Å². The number of rotatable bonds is 6. The van der Waals surface area contributed by atoms with Crippen LogP contribution in [0.2, 0.25) is 0 Å². The first-order chi connectivity index (χ1) is 11.4. The van der Waals surface area contributed by atoms with Crippen molar-refractivity contribution >= 4 is 15.9 Å². The van der Waals surface area contributed by atoms with Crippen molar-refractivity contribution < 1.29 is 13.2 Å². The number of nitrogens with one attached hydrogen (secondary N) is 2. The molecule has 2 rings (SSSR count). The van der Waals surface area contributed by atoms with Gasteiger partial charge in [0.2, 0.25) is 10.0 Å². The number of amides is 1. The number of hydrogen-bond donors (Lipinski definition) is 2. The van der Waals surface area contributed by atoms with Crippen molar-refractivity contribution in [1.82, 2.24) is 10.0 Å². The number of carbonyl (C=O) groups is 1. The van der Waals surface area contributed by atoms with Gasteiger partial charge in [-0.2, -0.15) is 9.98 Å². The smallest absolute Gasteiger partial charge is 0.251 e. The number of nitriles is 1. The largest absolute Gasteiger partial charge is 0.346 e. The Labute approximate surface area is 141 Å². The van der Waals surface area contributed by atoms with Gasteiger partial charge in [-0.1, -0.05) is 30.3 Å². The van der Waals surface area contributed by atoms with Crippen LogP contribution in [0, 0.1) is 11.3 Å². The van der Waals surface area contributed by atoms with Crippen LogP contribution in [0.25, 0.3) is 0 Å². The minimum atomic E-state index is -3.74. The van der Waals surface area contributed by atoms with Gasteiger partial charge in [0.1, 0.15) is 0 Å². The van der Waals surface area contributed by atoms with Crippen molar-refractivity contribution in [3.8, 4) is 6.07 Å². The molecule has 0 saturated heterocycles. The number of benzene rings is 2. The highest BCUT2D eigenvalue weighted by Gasteiger charge is 2.15. The van der Waals surface area contributed by atoms with E-state index in [4.69, 9.17) is 5.26 Å². The topological polar surface area (TPSA) is 99.1 Å². The summed E-state index contributed by atoms with van der Waals surface area (Å²) in [4.78, 5) is 12.2. The Morgan fingerprint density at radius 1 is 1.12 bits per heavy atom. The van der Waals surface area contributed by atoms with Crippen molar-refractivity contribution in [1.29, 1.82) is 5.26 Å². The zero-order valence-electron chi connectivity index (χ0n) is 13.1. The lowest BCUT2D eigenvalue weighted by Crippen LogP contribution is -2.27. The van der Waals surface area contributed by atoms with E-state index in [0.29, 0.717) is 5.56 Å². The Kier molecular flexibility index (Phi) is 5.68. The minimum Gasteiger partial charge on any atom is -0.346 e. The molecule has 0 heterocycles. The zero-order chi connectivity index (χ0) is 17.6. The lowest BCUT2D eigenvalue weighted by molar-refractivity contribution is 0.0940. The molecule has 124 valence electrons. The summed E-state index contributed by atoms with van der Waals surface area (Å²) in [6, 6.07) is 16.6. The van der Waals surface area contributed by atoms with Crippen LogP contribution in [0.1, 0.15) is 28.9 Å². The molecule has 0 aliphatic heterocycles. The molecule has 7 heteroatoms. The van der Waals surface area contributed by atoms with Crippen LogP contribution >= 0.6 is 0 Å². The summed E-state index contributed by atoms with van der Waals surface area (Å²) < 4.78 is 25.9. The van der Waals surface area contributed by atoms with Gasteiger partial charge in [-0.25, -0.2) is 8.42 Å². The molecule has 0 aliphatic carbocycles. The van der Waals surface area contributed by atoms with Gasteiger partial charge in [0.15, 0.2) is 0 Å². The monoisotopic (exact) mass is 343 g/mol. The first-order valence-electron chi connectivity index (χ1n) is 7.26. The molecule has 2 N–H and O–H groups in total. The van der Waals surface area contributed by atoms with Gasteiger partial charge < -0.3 is 5.32 Å². The number of nitrogens with zero attached hydrogens (tertiary/aromatic N) is 1. The summed E-state index contributed by atoms with van der Waals surface area (Å²) in [5.41, 5.74) is 1.34. The van der Waals surface area contributed by atoms with Crippen LogP contribution in [0.3, 0.4) is 0 Å². The highest BCUT2D eigenvalue weighted by atomic mass is 32.2. The Hall–Kier alpha value is -2.69. The fraction of sp³-hybridized carbons (Fsp3) is 0.176. The SMILES string of the molecule is C[C@H](NC(=O)c1ccc(S(=O)(=O)NCC#N)cc1)c1ccccc1. The van der Waals surface area contributed by atoms with E-state index in [2.05, 4.69) is 10.0 Å². The van der Waals surface area contributed by atoms with E-state index >= 15 is 0 Å². The molecule has 1 atom stereocenters. The van der Waals surface area contributed by atoms with Crippen LogP contribution in [-0.2, 0) is 10.0 Å². The van der Waals surface area contributed by atoms with Gasteiger partial charge in [0.05, 0.1) is 23.6 Å². The van der Waals surface area contributed by atoms with E-state index in [-0.39, 0.29) is 23.4 Å². The van der Waals surface area contributed by atoms with Crippen molar-refractivity contribution in [2.45, 2.75) is 17.9 Å². The van der Waals surface area contributed by atoms with Gasteiger partial charge >= 0.3 is 0 Å². The third kappa shape index (κ3) is 4.41. The first kappa shape index (κ1) is 17.7. The summed E-state index contributed by atoms with van der Waals surface area (Å²) in [6.45, 7) is 1.57. The standard InChI is InChI=1S/C17H17N3O3S/c1-13(14-5-3-2-4-6-14)20-17(21)15-7-9-16(10-8-15)24(22,23)19-12-11-18/h2-10,13,19H,12H2,1H3,(H,20,21)/t13-/m0/s1. The Balaban J connectivity index is 2.08. The lowest BCUT2D eigenvalue weighted by atomic mass is 10.1. The third-order valence-electron chi connectivity index (χ3n) is 3.42. The normalized spacial score (nSPS) is 12.2. The van der Waals surface area contributed by atoms with Crippen LogP contribution < -0.4 is 10.0 Å². The van der Waals surface area contributed by atoms with E-state index in [1.165, 1.54) is 24.3 Å². The summed E-state index contributed by atoms with van der Waals surface area (Å²) >= 11 is 0. The molecular weight excluding hydrogens is 326 g/mol. The van der Waals surface area contributed by atoms with Gasteiger partial charge in [0, 0.05) is 5.56 Å². The number of hydrogen-bond acceptors (Lipinski definition) is 4. The quantitative estimate of drug-likeness (QED) is 0.783. The predicted octanol–water partition coefficient (Wildman–Crippen LogP) is 1.98. The molecule has 0 aromatic heterocycles.